The van der Waals surface area contributed by atoms with Crippen molar-refractivity contribution in [3.63, 3.8) is 0 Å². The Kier molecular flexibility index (Phi) is 4.71. The second-order valence-electron chi connectivity index (χ2n) is 5.49. The van der Waals surface area contributed by atoms with E-state index in [0.717, 1.165) is 11.4 Å². The standard InChI is InChI=1S/C13H23N2OSi/c1-13(2,3)12(16-17(5)6)11-8-7-10(14-4)9-15-11/h7-9,12,14H,1-6H3. The van der Waals surface area contributed by atoms with Gasteiger partial charge in [0.25, 0.3) is 0 Å². The summed E-state index contributed by atoms with van der Waals surface area (Å²) in [5.41, 5.74) is 2.11. The van der Waals surface area contributed by atoms with Crippen LogP contribution in [0.5, 0.6) is 0 Å². The molecule has 1 unspecified atom stereocenters. The van der Waals surface area contributed by atoms with Crippen molar-refractivity contribution in [1.82, 2.24) is 4.98 Å². The van der Waals surface area contributed by atoms with E-state index in [-0.39, 0.29) is 11.5 Å². The summed E-state index contributed by atoms with van der Waals surface area (Å²) in [6, 6.07) is 4.09. The Hall–Kier alpha value is -0.873. The van der Waals surface area contributed by atoms with E-state index in [1.54, 1.807) is 0 Å². The van der Waals surface area contributed by atoms with Crippen LogP contribution in [0.25, 0.3) is 0 Å². The Morgan fingerprint density at radius 3 is 2.29 bits per heavy atom. The highest BCUT2D eigenvalue weighted by Crippen LogP contribution is 2.35. The third kappa shape index (κ3) is 4.13. The summed E-state index contributed by atoms with van der Waals surface area (Å²) < 4.78 is 6.09. The Bertz CT molecular complexity index is 343. The number of rotatable bonds is 4. The molecule has 4 heteroatoms. The second-order valence-corrected chi connectivity index (χ2v) is 7.55. The lowest BCUT2D eigenvalue weighted by atomic mass is 9.87. The molecule has 0 aliphatic heterocycles. The summed E-state index contributed by atoms with van der Waals surface area (Å²) in [5.74, 6) is 0. The van der Waals surface area contributed by atoms with Gasteiger partial charge in [0.05, 0.1) is 23.7 Å². The molecule has 0 amide bonds. The summed E-state index contributed by atoms with van der Waals surface area (Å²) in [6.45, 7) is 10.9. The average Bonchev–Trinajstić information content (AvgIpc) is 2.24. The van der Waals surface area contributed by atoms with E-state index < -0.39 is 9.04 Å². The molecule has 0 bridgehead atoms. The minimum absolute atomic E-state index is 0.0656. The molecule has 0 spiro atoms. The van der Waals surface area contributed by atoms with Gasteiger partial charge in [-0.2, -0.15) is 0 Å². The van der Waals surface area contributed by atoms with Crippen molar-refractivity contribution in [2.24, 2.45) is 5.41 Å². The zero-order valence-corrected chi connectivity index (χ0v) is 12.7. The summed E-state index contributed by atoms with van der Waals surface area (Å²) in [4.78, 5) is 4.50. The van der Waals surface area contributed by atoms with Crippen LogP contribution in [0.15, 0.2) is 18.3 Å². The molecule has 17 heavy (non-hydrogen) atoms. The molecule has 1 atom stereocenters. The Morgan fingerprint density at radius 2 is 1.94 bits per heavy atom. The second kappa shape index (κ2) is 5.64. The number of nitrogens with zero attached hydrogens (tertiary/aromatic N) is 1. The van der Waals surface area contributed by atoms with Gasteiger partial charge in [0.2, 0.25) is 9.04 Å². The van der Waals surface area contributed by atoms with Crippen LogP contribution in [0.3, 0.4) is 0 Å². The van der Waals surface area contributed by atoms with E-state index in [0.29, 0.717) is 0 Å². The Morgan fingerprint density at radius 1 is 1.29 bits per heavy atom. The third-order valence-electron chi connectivity index (χ3n) is 2.48. The van der Waals surface area contributed by atoms with Gasteiger partial charge < -0.3 is 9.74 Å². The van der Waals surface area contributed by atoms with Gasteiger partial charge in [-0.1, -0.05) is 20.8 Å². The molecule has 1 radical (unpaired) electrons. The normalized spacial score (nSPS) is 13.8. The fourth-order valence-electron chi connectivity index (χ4n) is 1.62. The molecule has 95 valence electrons. The van der Waals surface area contributed by atoms with Crippen LogP contribution in [-0.2, 0) is 4.43 Å². The number of hydrogen-bond acceptors (Lipinski definition) is 3. The molecule has 1 aromatic heterocycles. The topological polar surface area (TPSA) is 34.1 Å². The highest BCUT2D eigenvalue weighted by Gasteiger charge is 2.29. The maximum absolute atomic E-state index is 6.09. The molecule has 0 aliphatic carbocycles. The number of anilines is 1. The molecule has 1 aromatic rings. The van der Waals surface area contributed by atoms with Gasteiger partial charge in [-0.3, -0.25) is 4.98 Å². The van der Waals surface area contributed by atoms with Gasteiger partial charge in [0.15, 0.2) is 0 Å². The first kappa shape index (κ1) is 14.2. The van der Waals surface area contributed by atoms with Crippen molar-refractivity contribution in [3.8, 4) is 0 Å². The van der Waals surface area contributed by atoms with Crippen molar-refractivity contribution in [2.75, 3.05) is 12.4 Å². The fourth-order valence-corrected chi connectivity index (χ4v) is 2.57. The average molecular weight is 251 g/mol. The van der Waals surface area contributed by atoms with Gasteiger partial charge in [0.1, 0.15) is 0 Å². The first-order valence-electron chi connectivity index (χ1n) is 5.95. The summed E-state index contributed by atoms with van der Waals surface area (Å²) in [7, 11) is 1.16. The van der Waals surface area contributed by atoms with Crippen LogP contribution in [0.2, 0.25) is 13.1 Å². The van der Waals surface area contributed by atoms with Crippen LogP contribution in [0.1, 0.15) is 32.6 Å². The van der Waals surface area contributed by atoms with Crippen LogP contribution in [0.4, 0.5) is 5.69 Å². The molecule has 0 saturated carbocycles. The minimum Gasteiger partial charge on any atom is -0.408 e. The molecule has 1 heterocycles. The van der Waals surface area contributed by atoms with E-state index in [4.69, 9.17) is 4.43 Å². The first-order chi connectivity index (χ1) is 7.84. The number of pyridine rings is 1. The molecular weight excluding hydrogens is 228 g/mol. The van der Waals surface area contributed by atoms with Crippen LogP contribution in [-0.4, -0.2) is 21.1 Å². The van der Waals surface area contributed by atoms with Gasteiger partial charge in [-0.25, -0.2) is 0 Å². The third-order valence-corrected chi connectivity index (χ3v) is 3.19. The van der Waals surface area contributed by atoms with Crippen molar-refractivity contribution in [2.45, 2.75) is 40.0 Å². The minimum atomic E-state index is -0.734. The number of aromatic nitrogens is 1. The molecular formula is C13H23N2OSi. The van der Waals surface area contributed by atoms with Crippen molar-refractivity contribution < 1.29 is 4.43 Å². The van der Waals surface area contributed by atoms with Gasteiger partial charge in [-0.15, -0.1) is 0 Å². The lowest BCUT2D eigenvalue weighted by molar-refractivity contribution is 0.0827. The van der Waals surface area contributed by atoms with Gasteiger partial charge in [0, 0.05) is 7.05 Å². The van der Waals surface area contributed by atoms with E-state index in [9.17, 15) is 0 Å². The van der Waals surface area contributed by atoms with Gasteiger partial charge >= 0.3 is 0 Å². The van der Waals surface area contributed by atoms with E-state index in [2.05, 4.69) is 44.2 Å². The van der Waals surface area contributed by atoms with E-state index in [1.807, 2.05) is 25.4 Å². The molecule has 3 nitrogen and oxygen atoms in total. The van der Waals surface area contributed by atoms with Gasteiger partial charge in [-0.05, 0) is 30.6 Å². The molecule has 0 aromatic carbocycles. The fraction of sp³-hybridized carbons (Fsp3) is 0.615. The van der Waals surface area contributed by atoms with Crippen molar-refractivity contribution in [1.29, 1.82) is 0 Å². The maximum Gasteiger partial charge on any atom is 0.205 e. The number of hydrogen-bond donors (Lipinski definition) is 1. The van der Waals surface area contributed by atoms with Crippen molar-refractivity contribution in [3.05, 3.63) is 24.0 Å². The maximum atomic E-state index is 6.09. The summed E-state index contributed by atoms with van der Waals surface area (Å²) in [6.07, 6.45) is 1.92. The van der Waals surface area contributed by atoms with Crippen LogP contribution < -0.4 is 5.32 Å². The largest absolute Gasteiger partial charge is 0.408 e. The van der Waals surface area contributed by atoms with E-state index in [1.165, 1.54) is 0 Å². The monoisotopic (exact) mass is 251 g/mol. The summed E-state index contributed by atoms with van der Waals surface area (Å²) in [5, 5.41) is 3.08. The smallest absolute Gasteiger partial charge is 0.205 e. The predicted octanol–water partition coefficient (Wildman–Crippen LogP) is 3.48. The first-order valence-corrected chi connectivity index (χ1v) is 8.36. The lowest BCUT2D eigenvalue weighted by Gasteiger charge is -2.32. The zero-order valence-electron chi connectivity index (χ0n) is 11.7. The van der Waals surface area contributed by atoms with Crippen molar-refractivity contribution >= 4 is 14.7 Å². The highest BCUT2D eigenvalue weighted by molar-refractivity contribution is 6.48. The van der Waals surface area contributed by atoms with Crippen LogP contribution in [0, 0.1) is 5.41 Å². The predicted molar refractivity (Wildman–Crippen MR) is 74.5 cm³/mol. The lowest BCUT2D eigenvalue weighted by Crippen LogP contribution is -2.26. The Balaban J connectivity index is 2.96. The highest BCUT2D eigenvalue weighted by atomic mass is 28.3. The molecule has 0 fully saturated rings. The molecule has 0 saturated heterocycles. The quantitative estimate of drug-likeness (QED) is 0.832. The SMILES string of the molecule is CNc1ccc(C(O[Si](C)C)C(C)(C)C)nc1. The molecule has 1 rings (SSSR count). The molecule has 0 aliphatic rings. The van der Waals surface area contributed by atoms with Crippen LogP contribution >= 0.6 is 0 Å². The van der Waals surface area contributed by atoms with E-state index >= 15 is 0 Å². The zero-order chi connectivity index (χ0) is 13.1. The number of nitrogens with one attached hydrogen (secondary N) is 1. The summed E-state index contributed by atoms with van der Waals surface area (Å²) >= 11 is 0. The molecule has 1 N–H and O–H groups in total. The Labute approximate surface area is 106 Å².